The molecule has 27 heavy (non-hydrogen) atoms. The molecule has 1 heterocycles. The van der Waals surface area contributed by atoms with Crippen molar-refractivity contribution in [3.8, 4) is 0 Å². The summed E-state index contributed by atoms with van der Waals surface area (Å²) in [5.74, 6) is -0.416. The third kappa shape index (κ3) is 4.91. The molecule has 3 N–H and O–H groups in total. The molecular formula is C19H21Cl2N3O3. The Bertz CT molecular complexity index is 852. The Morgan fingerprint density at radius 3 is 2.48 bits per heavy atom. The van der Waals surface area contributed by atoms with Gasteiger partial charge in [-0.15, -0.1) is 12.4 Å². The van der Waals surface area contributed by atoms with Gasteiger partial charge in [-0.1, -0.05) is 17.7 Å². The molecule has 1 fully saturated rings. The molecular weight excluding hydrogens is 389 g/mol. The summed E-state index contributed by atoms with van der Waals surface area (Å²) in [7, 11) is 0. The van der Waals surface area contributed by atoms with Crippen LogP contribution < -0.4 is 11.1 Å². The third-order valence-corrected chi connectivity index (χ3v) is 4.57. The first-order valence-electron chi connectivity index (χ1n) is 8.30. The van der Waals surface area contributed by atoms with Crippen LogP contribution in [0, 0.1) is 6.92 Å². The van der Waals surface area contributed by atoms with Crippen LogP contribution in [0.15, 0.2) is 36.4 Å². The molecule has 8 heteroatoms. The number of hydrogen-bond acceptors (Lipinski definition) is 4. The third-order valence-electron chi connectivity index (χ3n) is 4.26. The molecule has 6 nitrogen and oxygen atoms in total. The van der Waals surface area contributed by atoms with Crippen molar-refractivity contribution in [3.63, 3.8) is 0 Å². The summed E-state index contributed by atoms with van der Waals surface area (Å²) >= 11 is 6.28. The number of carbonyl (C=O) groups excluding carboxylic acids is 2. The van der Waals surface area contributed by atoms with Crippen LogP contribution in [-0.2, 0) is 4.74 Å². The van der Waals surface area contributed by atoms with Gasteiger partial charge in [0.25, 0.3) is 11.8 Å². The van der Waals surface area contributed by atoms with Crippen molar-refractivity contribution < 1.29 is 14.3 Å². The van der Waals surface area contributed by atoms with Crippen LogP contribution in [0.4, 0.5) is 11.4 Å². The zero-order valence-electron chi connectivity index (χ0n) is 14.8. The Morgan fingerprint density at radius 1 is 1.11 bits per heavy atom. The molecule has 2 amide bonds. The zero-order chi connectivity index (χ0) is 18.7. The number of morpholine rings is 1. The molecule has 144 valence electrons. The lowest BCUT2D eigenvalue weighted by Gasteiger charge is -2.27. The second kappa shape index (κ2) is 9.08. The summed E-state index contributed by atoms with van der Waals surface area (Å²) in [5, 5.41) is 3.08. The largest absolute Gasteiger partial charge is 0.399 e. The predicted octanol–water partition coefficient (Wildman–Crippen LogP) is 3.38. The molecule has 2 aromatic rings. The van der Waals surface area contributed by atoms with Crippen molar-refractivity contribution in [3.05, 3.63) is 58.1 Å². The lowest BCUT2D eigenvalue weighted by Crippen LogP contribution is -2.40. The van der Waals surface area contributed by atoms with Crippen molar-refractivity contribution in [2.24, 2.45) is 0 Å². The maximum absolute atomic E-state index is 12.5. The number of nitrogens with zero attached hydrogens (tertiary/aromatic N) is 1. The van der Waals surface area contributed by atoms with Crippen LogP contribution in [0.2, 0.25) is 5.02 Å². The molecule has 0 saturated carbocycles. The minimum Gasteiger partial charge on any atom is -0.399 e. The molecule has 0 radical (unpaired) electrons. The second-order valence-electron chi connectivity index (χ2n) is 6.13. The Hall–Kier alpha value is -2.28. The van der Waals surface area contributed by atoms with Gasteiger partial charge in [-0.2, -0.15) is 0 Å². The summed E-state index contributed by atoms with van der Waals surface area (Å²) < 4.78 is 5.26. The van der Waals surface area contributed by atoms with Crippen LogP contribution in [0.3, 0.4) is 0 Å². The fourth-order valence-electron chi connectivity index (χ4n) is 2.79. The number of benzene rings is 2. The van der Waals surface area contributed by atoms with Gasteiger partial charge < -0.3 is 20.7 Å². The van der Waals surface area contributed by atoms with E-state index in [4.69, 9.17) is 22.1 Å². The van der Waals surface area contributed by atoms with E-state index in [9.17, 15) is 9.59 Å². The number of anilines is 2. The smallest absolute Gasteiger partial charge is 0.256 e. The van der Waals surface area contributed by atoms with Gasteiger partial charge in [0.15, 0.2) is 0 Å². The van der Waals surface area contributed by atoms with Crippen molar-refractivity contribution >= 4 is 47.2 Å². The van der Waals surface area contributed by atoms with E-state index in [0.29, 0.717) is 53.8 Å². The fraction of sp³-hybridized carbons (Fsp3) is 0.263. The standard InChI is InChI=1S/C19H20ClN3O3.ClH/c1-12-2-3-13(21)10-16(12)18(24)22-14-4-5-15(17(20)11-14)19(25)23-6-8-26-9-7-23;/h2-5,10-11H,6-9,21H2,1H3,(H,22,24);1H. The van der Waals surface area contributed by atoms with Crippen molar-refractivity contribution in [2.75, 3.05) is 37.4 Å². The Morgan fingerprint density at radius 2 is 1.81 bits per heavy atom. The number of aryl methyl sites for hydroxylation is 1. The number of ether oxygens (including phenoxy) is 1. The summed E-state index contributed by atoms with van der Waals surface area (Å²) in [6.07, 6.45) is 0. The number of nitrogens with two attached hydrogens (primary N) is 1. The highest BCUT2D eigenvalue weighted by Gasteiger charge is 2.21. The van der Waals surface area contributed by atoms with E-state index in [1.165, 1.54) is 0 Å². The quantitative estimate of drug-likeness (QED) is 0.760. The van der Waals surface area contributed by atoms with Crippen LogP contribution in [-0.4, -0.2) is 43.0 Å². The number of hydrogen-bond donors (Lipinski definition) is 2. The van der Waals surface area contributed by atoms with E-state index in [0.717, 1.165) is 5.56 Å². The van der Waals surface area contributed by atoms with Crippen LogP contribution >= 0.6 is 24.0 Å². The van der Waals surface area contributed by atoms with Crippen molar-refractivity contribution in [1.82, 2.24) is 4.90 Å². The van der Waals surface area contributed by atoms with Gasteiger partial charge in [-0.3, -0.25) is 9.59 Å². The topological polar surface area (TPSA) is 84.7 Å². The van der Waals surface area contributed by atoms with Crippen LogP contribution in [0.1, 0.15) is 26.3 Å². The number of halogens is 2. The first-order chi connectivity index (χ1) is 12.5. The van der Waals surface area contributed by atoms with E-state index in [2.05, 4.69) is 5.32 Å². The molecule has 0 atom stereocenters. The van der Waals surface area contributed by atoms with Gasteiger partial charge in [-0.25, -0.2) is 0 Å². The highest BCUT2D eigenvalue weighted by atomic mass is 35.5. The predicted molar refractivity (Wildman–Crippen MR) is 109 cm³/mol. The molecule has 0 aromatic heterocycles. The van der Waals surface area contributed by atoms with E-state index >= 15 is 0 Å². The summed E-state index contributed by atoms with van der Waals surface area (Å²) in [5.41, 5.74) is 8.51. The summed E-state index contributed by atoms with van der Waals surface area (Å²) in [6, 6.07) is 10.0. The van der Waals surface area contributed by atoms with Gasteiger partial charge in [0.05, 0.1) is 23.8 Å². The number of carbonyl (C=O) groups is 2. The zero-order valence-corrected chi connectivity index (χ0v) is 16.4. The molecule has 3 rings (SSSR count). The molecule has 0 spiro atoms. The fourth-order valence-corrected chi connectivity index (χ4v) is 3.05. The van der Waals surface area contributed by atoms with Gasteiger partial charge in [0.1, 0.15) is 0 Å². The van der Waals surface area contributed by atoms with E-state index in [1.807, 2.05) is 6.92 Å². The lowest BCUT2D eigenvalue weighted by atomic mass is 10.1. The first-order valence-corrected chi connectivity index (χ1v) is 8.67. The SMILES string of the molecule is Cc1ccc(N)cc1C(=O)Nc1ccc(C(=O)N2CCOCC2)c(Cl)c1.Cl. The molecule has 0 bridgehead atoms. The van der Waals surface area contributed by atoms with Gasteiger partial charge in [0.2, 0.25) is 0 Å². The molecule has 2 aromatic carbocycles. The van der Waals surface area contributed by atoms with E-state index in [1.54, 1.807) is 41.3 Å². The highest BCUT2D eigenvalue weighted by molar-refractivity contribution is 6.34. The molecule has 0 aliphatic carbocycles. The molecule has 0 unspecified atom stereocenters. The number of nitrogens with one attached hydrogen (secondary N) is 1. The summed E-state index contributed by atoms with van der Waals surface area (Å²) in [6.45, 7) is 3.98. The van der Waals surface area contributed by atoms with Gasteiger partial charge in [-0.05, 0) is 42.8 Å². The van der Waals surface area contributed by atoms with Crippen molar-refractivity contribution in [2.45, 2.75) is 6.92 Å². The Kier molecular flexibility index (Phi) is 7.07. The molecule has 1 aliphatic rings. The average Bonchev–Trinajstić information content (AvgIpc) is 2.64. The molecule has 1 saturated heterocycles. The van der Waals surface area contributed by atoms with Crippen molar-refractivity contribution in [1.29, 1.82) is 0 Å². The molecule has 1 aliphatic heterocycles. The first kappa shape index (κ1) is 21.0. The Balaban J connectivity index is 0.00000261. The normalized spacial score (nSPS) is 13.6. The number of rotatable bonds is 3. The number of amides is 2. The van der Waals surface area contributed by atoms with Crippen LogP contribution in [0.25, 0.3) is 0 Å². The summed E-state index contributed by atoms with van der Waals surface area (Å²) in [4.78, 5) is 26.7. The number of nitrogen functional groups attached to an aromatic ring is 1. The Labute approximate surface area is 169 Å². The van der Waals surface area contributed by atoms with E-state index < -0.39 is 0 Å². The minimum absolute atomic E-state index is 0. The maximum Gasteiger partial charge on any atom is 0.256 e. The highest BCUT2D eigenvalue weighted by Crippen LogP contribution is 2.24. The lowest BCUT2D eigenvalue weighted by molar-refractivity contribution is 0.0303. The maximum atomic E-state index is 12.5. The van der Waals surface area contributed by atoms with Crippen LogP contribution in [0.5, 0.6) is 0 Å². The second-order valence-corrected chi connectivity index (χ2v) is 6.53. The van der Waals surface area contributed by atoms with Gasteiger partial charge in [0, 0.05) is 30.0 Å². The monoisotopic (exact) mass is 409 g/mol. The average molecular weight is 410 g/mol. The van der Waals surface area contributed by atoms with Gasteiger partial charge >= 0.3 is 0 Å². The minimum atomic E-state index is -0.280. The van der Waals surface area contributed by atoms with E-state index in [-0.39, 0.29) is 24.2 Å².